The van der Waals surface area contributed by atoms with Crippen molar-refractivity contribution in [1.29, 1.82) is 0 Å². The van der Waals surface area contributed by atoms with Crippen LogP contribution in [0.2, 0.25) is 10.0 Å². The molecule has 6 rings (SSSR count). The predicted molar refractivity (Wildman–Crippen MR) is 211 cm³/mol. The van der Waals surface area contributed by atoms with Crippen LogP contribution in [0.5, 0.6) is 23.1 Å². The molecule has 2 aromatic heterocycles. The van der Waals surface area contributed by atoms with Gasteiger partial charge in [0.1, 0.15) is 33.9 Å². The van der Waals surface area contributed by atoms with Crippen molar-refractivity contribution in [2.45, 2.75) is 46.0 Å². The summed E-state index contributed by atoms with van der Waals surface area (Å²) in [6.07, 6.45) is 2.93. The third kappa shape index (κ3) is 10.2. The third-order valence-corrected chi connectivity index (χ3v) is 9.58. The lowest BCUT2D eigenvalue weighted by Gasteiger charge is -2.26. The zero-order valence-electron chi connectivity index (χ0n) is 31.1. The number of carbonyl (C=O) groups excluding carboxylic acids is 1. The summed E-state index contributed by atoms with van der Waals surface area (Å²) < 4.78 is 24.8. The van der Waals surface area contributed by atoms with Crippen LogP contribution in [0.3, 0.4) is 0 Å². The molecule has 3 heterocycles. The molecule has 1 saturated heterocycles. The number of morpholine rings is 1. The van der Waals surface area contributed by atoms with Crippen LogP contribution in [0, 0.1) is 6.92 Å². The first-order valence-corrected chi connectivity index (χ1v) is 18.5. The van der Waals surface area contributed by atoms with E-state index in [9.17, 15) is 4.79 Å². The van der Waals surface area contributed by atoms with Gasteiger partial charge in [-0.3, -0.25) is 10.2 Å². The quantitative estimate of drug-likeness (QED) is 0.113. The van der Waals surface area contributed by atoms with E-state index in [1.165, 1.54) is 0 Å². The number of amides is 2. The summed E-state index contributed by atoms with van der Waals surface area (Å²) in [7, 11) is 1.62. The van der Waals surface area contributed by atoms with E-state index in [1.54, 1.807) is 36.2 Å². The molecule has 0 unspecified atom stereocenters. The number of nitrogens with one attached hydrogen (secondary N) is 2. The molecule has 2 N–H and O–H groups in total. The highest BCUT2D eigenvalue weighted by Gasteiger charge is 2.22. The van der Waals surface area contributed by atoms with Crippen LogP contribution in [0.15, 0.2) is 72.9 Å². The lowest BCUT2D eigenvalue weighted by atomic mass is 9.92. The maximum absolute atomic E-state index is 13.3. The van der Waals surface area contributed by atoms with E-state index < -0.39 is 6.03 Å². The Balaban J connectivity index is 1.09. The Kier molecular flexibility index (Phi) is 12.6. The van der Waals surface area contributed by atoms with Crippen LogP contribution in [0.25, 0.3) is 5.69 Å². The molecule has 0 saturated carbocycles. The number of hydrogen-bond acceptors (Lipinski definition) is 9. The zero-order chi connectivity index (χ0) is 38.2. The fraction of sp³-hybridized carbons (Fsp3) is 0.350. The monoisotopic (exact) mass is 773 g/mol. The highest BCUT2D eigenvalue weighted by Crippen LogP contribution is 2.39. The minimum absolute atomic E-state index is 0.106. The fourth-order valence-electron chi connectivity index (χ4n) is 5.75. The lowest BCUT2D eigenvalue weighted by Crippen LogP contribution is -2.37. The summed E-state index contributed by atoms with van der Waals surface area (Å²) in [5.41, 5.74) is 3.73. The van der Waals surface area contributed by atoms with Crippen molar-refractivity contribution in [3.8, 4) is 28.8 Å². The van der Waals surface area contributed by atoms with E-state index in [-0.39, 0.29) is 27.1 Å². The van der Waals surface area contributed by atoms with Gasteiger partial charge in [-0.25, -0.2) is 14.5 Å². The standard InChI is InChI=1S/C40H45Cl2N7O5/c1-26-7-9-28(10-8-26)49-35(25-33(47-49)40(2,3)4)46-39(50)44-31-11-12-32(38(42)37(31)41)54-36-13-14-43-34(45-36)23-27-21-29(51-5)24-30(22-27)53-18-6-15-48-16-19-52-20-17-48/h7-14,21-22,24-25H,6,15-20,23H2,1-5H3,(H2,44,46,50). The molecule has 54 heavy (non-hydrogen) atoms. The third-order valence-electron chi connectivity index (χ3n) is 8.72. The molecule has 1 aliphatic rings. The molecule has 2 amide bonds. The maximum atomic E-state index is 13.3. The predicted octanol–water partition coefficient (Wildman–Crippen LogP) is 8.71. The first-order chi connectivity index (χ1) is 25.9. The van der Waals surface area contributed by atoms with Crippen LogP contribution in [0.1, 0.15) is 49.8 Å². The number of anilines is 2. The van der Waals surface area contributed by atoms with Gasteiger partial charge in [-0.1, -0.05) is 61.7 Å². The summed E-state index contributed by atoms with van der Waals surface area (Å²) in [4.78, 5) is 24.7. The van der Waals surface area contributed by atoms with Gasteiger partial charge in [0, 0.05) is 55.9 Å². The largest absolute Gasteiger partial charge is 0.497 e. The van der Waals surface area contributed by atoms with E-state index in [1.807, 2.05) is 55.5 Å². The van der Waals surface area contributed by atoms with Crippen LogP contribution in [-0.2, 0) is 16.6 Å². The first kappa shape index (κ1) is 38.8. The summed E-state index contributed by atoms with van der Waals surface area (Å²) in [5.74, 6) is 2.96. The number of aryl methyl sites for hydroxylation is 1. The second-order valence-electron chi connectivity index (χ2n) is 14.0. The number of hydrogen-bond donors (Lipinski definition) is 2. The summed E-state index contributed by atoms with van der Waals surface area (Å²) in [6.45, 7) is 13.2. The van der Waals surface area contributed by atoms with E-state index >= 15 is 0 Å². The number of methoxy groups -OCH3 is 1. The molecule has 0 radical (unpaired) electrons. The number of carbonyl (C=O) groups is 1. The lowest BCUT2D eigenvalue weighted by molar-refractivity contribution is 0.0358. The Bertz CT molecular complexity index is 2060. The fourth-order valence-corrected chi connectivity index (χ4v) is 6.16. The van der Waals surface area contributed by atoms with Crippen LogP contribution in [0.4, 0.5) is 16.3 Å². The average molecular weight is 775 g/mol. The molecule has 12 nitrogen and oxygen atoms in total. The molecule has 0 aliphatic carbocycles. The van der Waals surface area contributed by atoms with E-state index in [0.29, 0.717) is 41.9 Å². The van der Waals surface area contributed by atoms with E-state index in [0.717, 1.165) is 61.8 Å². The highest BCUT2D eigenvalue weighted by molar-refractivity contribution is 6.45. The van der Waals surface area contributed by atoms with Gasteiger partial charge in [-0.15, -0.1) is 0 Å². The summed E-state index contributed by atoms with van der Waals surface area (Å²) in [6, 6.07) is 19.9. The maximum Gasteiger partial charge on any atom is 0.324 e. The minimum atomic E-state index is -0.519. The molecule has 3 aromatic carbocycles. The second-order valence-corrected chi connectivity index (χ2v) is 14.7. The summed E-state index contributed by atoms with van der Waals surface area (Å²) >= 11 is 13.3. The number of nitrogens with zero attached hydrogens (tertiary/aromatic N) is 5. The van der Waals surface area contributed by atoms with Crippen molar-refractivity contribution < 1.29 is 23.7 Å². The van der Waals surface area contributed by atoms with E-state index in [2.05, 4.69) is 46.3 Å². The smallest absolute Gasteiger partial charge is 0.324 e. The Morgan fingerprint density at radius 2 is 1.70 bits per heavy atom. The minimum Gasteiger partial charge on any atom is -0.497 e. The molecular formula is C40H45Cl2N7O5. The van der Waals surface area contributed by atoms with Crippen LogP contribution in [-0.4, -0.2) is 77.2 Å². The van der Waals surface area contributed by atoms with Gasteiger partial charge in [0.2, 0.25) is 5.88 Å². The van der Waals surface area contributed by atoms with Gasteiger partial charge in [0.25, 0.3) is 0 Å². The highest BCUT2D eigenvalue weighted by atomic mass is 35.5. The number of halogens is 2. The van der Waals surface area contributed by atoms with Gasteiger partial charge < -0.3 is 24.3 Å². The normalized spacial score (nSPS) is 13.4. The van der Waals surface area contributed by atoms with Crippen molar-refractivity contribution in [2.75, 3.05) is 57.2 Å². The molecule has 0 bridgehead atoms. The molecule has 0 spiro atoms. The van der Waals surface area contributed by atoms with Gasteiger partial charge in [0.05, 0.1) is 49.0 Å². The van der Waals surface area contributed by atoms with Gasteiger partial charge in [-0.05, 0) is 55.3 Å². The Hall–Kier alpha value is -4.88. The Morgan fingerprint density at radius 3 is 2.44 bits per heavy atom. The zero-order valence-corrected chi connectivity index (χ0v) is 32.6. The van der Waals surface area contributed by atoms with Gasteiger partial charge in [-0.2, -0.15) is 10.1 Å². The van der Waals surface area contributed by atoms with Crippen LogP contribution >= 0.6 is 23.2 Å². The number of urea groups is 1. The molecule has 1 aliphatic heterocycles. The van der Waals surface area contributed by atoms with Crippen molar-refractivity contribution in [3.05, 3.63) is 106 Å². The Labute approximate surface area is 325 Å². The van der Waals surface area contributed by atoms with Crippen molar-refractivity contribution in [3.63, 3.8) is 0 Å². The number of ether oxygens (including phenoxy) is 4. The Morgan fingerprint density at radius 1 is 0.944 bits per heavy atom. The van der Waals surface area contributed by atoms with Crippen molar-refractivity contribution in [1.82, 2.24) is 24.6 Å². The molecular weight excluding hydrogens is 729 g/mol. The molecule has 5 aromatic rings. The molecule has 284 valence electrons. The second kappa shape index (κ2) is 17.5. The SMILES string of the molecule is COc1cc(Cc2nccc(Oc3ccc(NC(=O)Nc4cc(C(C)(C)C)nn4-c4ccc(C)cc4)c(Cl)c3Cl)n2)cc(OCCCN2CCOCC2)c1. The number of rotatable bonds is 13. The van der Waals surface area contributed by atoms with E-state index in [4.69, 9.17) is 47.2 Å². The molecule has 1 fully saturated rings. The molecule has 0 atom stereocenters. The van der Waals surface area contributed by atoms with Crippen LogP contribution < -0.4 is 24.8 Å². The number of benzene rings is 3. The van der Waals surface area contributed by atoms with Crippen molar-refractivity contribution in [2.24, 2.45) is 0 Å². The summed E-state index contributed by atoms with van der Waals surface area (Å²) in [5, 5.41) is 10.7. The number of aromatic nitrogens is 4. The first-order valence-electron chi connectivity index (χ1n) is 17.8. The van der Waals surface area contributed by atoms with Gasteiger partial charge in [0.15, 0.2) is 0 Å². The topological polar surface area (TPSA) is 125 Å². The molecule has 14 heteroatoms. The average Bonchev–Trinajstić information content (AvgIpc) is 3.58. The van der Waals surface area contributed by atoms with Gasteiger partial charge >= 0.3 is 6.03 Å². The van der Waals surface area contributed by atoms with Crippen molar-refractivity contribution >= 4 is 40.7 Å².